The summed E-state index contributed by atoms with van der Waals surface area (Å²) in [6.45, 7) is 0. The third-order valence-corrected chi connectivity index (χ3v) is 2.39. The molecule has 0 unspecified atom stereocenters. The van der Waals surface area contributed by atoms with Gasteiger partial charge < -0.3 is 5.73 Å². The number of halogens is 2. The van der Waals surface area contributed by atoms with Crippen molar-refractivity contribution in [3.05, 3.63) is 42.5 Å². The van der Waals surface area contributed by atoms with E-state index in [2.05, 4.69) is 25.0 Å². The molecule has 0 spiro atoms. The van der Waals surface area contributed by atoms with Gasteiger partial charge in [-0.25, -0.2) is 13.8 Å². The van der Waals surface area contributed by atoms with Gasteiger partial charge in [0.05, 0.1) is 0 Å². The van der Waals surface area contributed by atoms with Crippen LogP contribution in [-0.4, -0.2) is 29.7 Å². The second kappa shape index (κ2) is 4.61. The van der Waals surface area contributed by atoms with Crippen molar-refractivity contribution >= 4 is 5.95 Å². The van der Waals surface area contributed by atoms with Crippen LogP contribution in [0, 0.1) is 11.6 Å². The fourth-order valence-corrected chi connectivity index (χ4v) is 1.61. The Labute approximate surface area is 111 Å². The van der Waals surface area contributed by atoms with Gasteiger partial charge in [-0.2, -0.15) is 24.7 Å². The molecule has 2 aromatic heterocycles. The zero-order valence-electron chi connectivity index (χ0n) is 9.90. The van der Waals surface area contributed by atoms with E-state index in [1.54, 1.807) is 0 Å². The predicted octanol–water partition coefficient (Wildman–Crippen LogP) is 0.980. The number of nitrogens with two attached hydrogens (primary N) is 1. The van der Waals surface area contributed by atoms with Gasteiger partial charge in [-0.15, -0.1) is 0 Å². The number of aromatic nitrogens is 6. The van der Waals surface area contributed by atoms with Crippen LogP contribution in [0.3, 0.4) is 0 Å². The standard InChI is InChI=1S/C11H7F2N7/c12-7-1-6(2-8(13)3-7)9-17-10(14)19-11(18-9)20-5-15-4-16-20/h1-5H,(H2,14,17,18,19). The zero-order valence-corrected chi connectivity index (χ0v) is 9.90. The summed E-state index contributed by atoms with van der Waals surface area (Å²) >= 11 is 0. The summed E-state index contributed by atoms with van der Waals surface area (Å²) in [4.78, 5) is 15.5. The maximum atomic E-state index is 13.2. The molecule has 0 fully saturated rings. The quantitative estimate of drug-likeness (QED) is 0.749. The highest BCUT2D eigenvalue weighted by Crippen LogP contribution is 2.19. The SMILES string of the molecule is Nc1nc(-c2cc(F)cc(F)c2)nc(-n2cncn2)n1. The van der Waals surface area contributed by atoms with Crippen molar-refractivity contribution < 1.29 is 8.78 Å². The van der Waals surface area contributed by atoms with Gasteiger partial charge in [0, 0.05) is 11.6 Å². The summed E-state index contributed by atoms with van der Waals surface area (Å²) in [6, 6.07) is 2.96. The average molecular weight is 275 g/mol. The Kier molecular flexibility index (Phi) is 2.78. The Balaban J connectivity index is 2.14. The van der Waals surface area contributed by atoms with Gasteiger partial charge in [0.25, 0.3) is 5.95 Å². The minimum absolute atomic E-state index is 0.0430. The molecule has 0 amide bonds. The van der Waals surface area contributed by atoms with Crippen LogP contribution in [0.15, 0.2) is 30.9 Å². The number of hydrogen-bond acceptors (Lipinski definition) is 6. The highest BCUT2D eigenvalue weighted by atomic mass is 19.1. The molecular weight excluding hydrogens is 268 g/mol. The third-order valence-electron chi connectivity index (χ3n) is 2.39. The summed E-state index contributed by atoms with van der Waals surface area (Å²) < 4.78 is 27.7. The molecule has 3 aromatic rings. The molecule has 0 saturated carbocycles. The minimum Gasteiger partial charge on any atom is -0.368 e. The first-order chi connectivity index (χ1) is 9.61. The van der Waals surface area contributed by atoms with Crippen LogP contribution in [0.5, 0.6) is 0 Å². The molecule has 0 saturated heterocycles. The average Bonchev–Trinajstić information content (AvgIpc) is 2.90. The van der Waals surface area contributed by atoms with Crippen molar-refractivity contribution in [1.82, 2.24) is 29.7 Å². The normalized spacial score (nSPS) is 10.7. The van der Waals surface area contributed by atoms with Crippen LogP contribution >= 0.6 is 0 Å². The second-order valence-electron chi connectivity index (χ2n) is 3.82. The van der Waals surface area contributed by atoms with Crippen LogP contribution in [0.4, 0.5) is 14.7 Å². The van der Waals surface area contributed by atoms with Gasteiger partial charge in [0.15, 0.2) is 5.82 Å². The Morgan fingerprint density at radius 1 is 1.00 bits per heavy atom. The zero-order chi connectivity index (χ0) is 14.1. The molecule has 100 valence electrons. The molecule has 3 rings (SSSR count). The first-order valence-corrected chi connectivity index (χ1v) is 5.45. The number of nitrogen functional groups attached to an aromatic ring is 1. The van der Waals surface area contributed by atoms with Crippen LogP contribution in [0.25, 0.3) is 17.3 Å². The van der Waals surface area contributed by atoms with Gasteiger partial charge in [0.2, 0.25) is 5.95 Å². The first kappa shape index (κ1) is 12.1. The molecule has 0 bridgehead atoms. The Morgan fingerprint density at radius 3 is 2.40 bits per heavy atom. The monoisotopic (exact) mass is 275 g/mol. The molecule has 1 aromatic carbocycles. The van der Waals surface area contributed by atoms with Crippen molar-refractivity contribution in [1.29, 1.82) is 0 Å². The first-order valence-electron chi connectivity index (χ1n) is 5.45. The molecule has 0 aliphatic rings. The Morgan fingerprint density at radius 2 is 1.75 bits per heavy atom. The van der Waals surface area contributed by atoms with Gasteiger partial charge in [0.1, 0.15) is 24.3 Å². The Hall–Kier alpha value is -2.97. The molecule has 0 aliphatic carbocycles. The van der Waals surface area contributed by atoms with E-state index in [-0.39, 0.29) is 23.3 Å². The number of benzene rings is 1. The molecule has 2 heterocycles. The van der Waals surface area contributed by atoms with Crippen LogP contribution < -0.4 is 5.73 Å². The molecule has 0 aliphatic heterocycles. The maximum Gasteiger partial charge on any atom is 0.257 e. The van der Waals surface area contributed by atoms with E-state index in [1.807, 2.05) is 0 Å². The summed E-state index contributed by atoms with van der Waals surface area (Å²) in [5, 5.41) is 3.85. The summed E-state index contributed by atoms with van der Waals surface area (Å²) in [5.41, 5.74) is 5.72. The number of hydrogen-bond donors (Lipinski definition) is 1. The highest BCUT2D eigenvalue weighted by Gasteiger charge is 2.11. The number of nitrogens with zero attached hydrogens (tertiary/aromatic N) is 6. The molecule has 2 N–H and O–H groups in total. The lowest BCUT2D eigenvalue weighted by Crippen LogP contribution is -2.08. The highest BCUT2D eigenvalue weighted by molar-refractivity contribution is 5.56. The van der Waals surface area contributed by atoms with Crippen molar-refractivity contribution in [3.63, 3.8) is 0 Å². The lowest BCUT2D eigenvalue weighted by Gasteiger charge is -2.04. The summed E-state index contributed by atoms with van der Waals surface area (Å²) in [6.07, 6.45) is 2.66. The largest absolute Gasteiger partial charge is 0.368 e. The van der Waals surface area contributed by atoms with E-state index in [0.717, 1.165) is 18.2 Å². The van der Waals surface area contributed by atoms with Gasteiger partial charge >= 0.3 is 0 Å². The lowest BCUT2D eigenvalue weighted by molar-refractivity contribution is 0.584. The van der Waals surface area contributed by atoms with Crippen molar-refractivity contribution in [2.75, 3.05) is 5.73 Å². The molecular formula is C11H7F2N7. The smallest absolute Gasteiger partial charge is 0.257 e. The fourth-order valence-electron chi connectivity index (χ4n) is 1.61. The molecule has 7 nitrogen and oxygen atoms in total. The van der Waals surface area contributed by atoms with Gasteiger partial charge in [-0.05, 0) is 12.1 Å². The van der Waals surface area contributed by atoms with Crippen LogP contribution in [0.2, 0.25) is 0 Å². The van der Waals surface area contributed by atoms with E-state index in [0.29, 0.717) is 0 Å². The maximum absolute atomic E-state index is 13.2. The van der Waals surface area contributed by atoms with E-state index >= 15 is 0 Å². The van der Waals surface area contributed by atoms with E-state index in [1.165, 1.54) is 17.3 Å². The Bertz CT molecular complexity index is 737. The second-order valence-corrected chi connectivity index (χ2v) is 3.82. The fraction of sp³-hybridized carbons (Fsp3) is 0. The third kappa shape index (κ3) is 2.28. The van der Waals surface area contributed by atoms with Gasteiger partial charge in [-0.3, -0.25) is 0 Å². The van der Waals surface area contributed by atoms with E-state index in [4.69, 9.17) is 5.73 Å². The van der Waals surface area contributed by atoms with Crippen molar-refractivity contribution in [2.24, 2.45) is 0 Å². The molecule has 0 atom stereocenters. The summed E-state index contributed by atoms with van der Waals surface area (Å²) in [7, 11) is 0. The molecule has 20 heavy (non-hydrogen) atoms. The van der Waals surface area contributed by atoms with Gasteiger partial charge in [-0.1, -0.05) is 0 Å². The number of rotatable bonds is 2. The van der Waals surface area contributed by atoms with Crippen LogP contribution in [0.1, 0.15) is 0 Å². The molecule has 0 radical (unpaired) electrons. The summed E-state index contributed by atoms with van der Waals surface area (Å²) in [5.74, 6) is -1.41. The minimum atomic E-state index is -0.735. The predicted molar refractivity (Wildman–Crippen MR) is 64.5 cm³/mol. The van der Waals surface area contributed by atoms with Crippen molar-refractivity contribution in [3.8, 4) is 17.3 Å². The van der Waals surface area contributed by atoms with E-state index in [9.17, 15) is 8.78 Å². The topological polar surface area (TPSA) is 95.4 Å². The molecule has 9 heteroatoms. The number of anilines is 1. The van der Waals surface area contributed by atoms with Crippen molar-refractivity contribution in [2.45, 2.75) is 0 Å². The van der Waals surface area contributed by atoms with Crippen LogP contribution in [-0.2, 0) is 0 Å². The van der Waals surface area contributed by atoms with E-state index < -0.39 is 11.6 Å². The lowest BCUT2D eigenvalue weighted by atomic mass is 10.2.